The van der Waals surface area contributed by atoms with Crippen molar-refractivity contribution >= 4 is 22.9 Å². The van der Waals surface area contributed by atoms with Gasteiger partial charge in [-0.1, -0.05) is 23.7 Å². The van der Waals surface area contributed by atoms with Gasteiger partial charge in [0, 0.05) is 16.8 Å². The highest BCUT2D eigenvalue weighted by molar-refractivity contribution is 7.09. The molecule has 2 heterocycles. The first-order valence-corrected chi connectivity index (χ1v) is 10.9. The van der Waals surface area contributed by atoms with Crippen molar-refractivity contribution < 1.29 is 14.9 Å². The number of hydrogen-bond acceptors (Lipinski definition) is 5. The van der Waals surface area contributed by atoms with Crippen LogP contribution in [0.1, 0.15) is 53.6 Å². The van der Waals surface area contributed by atoms with Crippen LogP contribution in [0.4, 0.5) is 0 Å². The molecule has 2 aliphatic rings. The Hall–Kier alpha value is -0.980. The van der Waals surface area contributed by atoms with E-state index < -0.39 is 0 Å². The minimum Gasteiger partial charge on any atom is -0.393 e. The van der Waals surface area contributed by atoms with Crippen molar-refractivity contribution in [3.05, 3.63) is 50.4 Å². The molecular weight excluding hydrogens is 382 g/mol. The molecule has 0 spiro atoms. The van der Waals surface area contributed by atoms with Crippen LogP contribution in [0.2, 0.25) is 5.02 Å². The van der Waals surface area contributed by atoms with E-state index in [0.29, 0.717) is 18.0 Å². The smallest absolute Gasteiger partial charge is 0.122 e. The van der Waals surface area contributed by atoms with Crippen molar-refractivity contribution in [3.63, 3.8) is 0 Å². The number of fused-ring (bicyclic) bond motifs is 1. The second-order valence-electron chi connectivity index (χ2n) is 7.83. The average Bonchev–Trinajstić information content (AvgIpc) is 3.26. The quantitative estimate of drug-likeness (QED) is 0.768. The van der Waals surface area contributed by atoms with Gasteiger partial charge in [-0.25, -0.2) is 4.98 Å². The molecule has 1 aliphatic heterocycles. The number of aliphatic hydroxyl groups is 2. The number of aromatic nitrogens is 1. The standard InChI is InChI=1S/C21H26ClNO3S/c1-12-8-13(3-6-17(12)22)2-4-15-16-5-7-19(26-20(16)9-18(15)25)21-23-14(10-24)11-27-21/h3,6,8,11,15-16,18-20,24-25H,2,4-5,7,9-10H2,1H3/t15-,16-,18+,19-,20+/m1/s1. The lowest BCUT2D eigenvalue weighted by atomic mass is 9.83. The summed E-state index contributed by atoms with van der Waals surface area (Å²) in [5, 5.41) is 23.5. The lowest BCUT2D eigenvalue weighted by molar-refractivity contribution is -0.0794. The van der Waals surface area contributed by atoms with Gasteiger partial charge in [0.05, 0.1) is 24.5 Å². The van der Waals surface area contributed by atoms with Gasteiger partial charge in [0.15, 0.2) is 0 Å². The highest BCUT2D eigenvalue weighted by atomic mass is 35.5. The third-order valence-electron chi connectivity index (χ3n) is 6.09. The topological polar surface area (TPSA) is 62.6 Å². The fraction of sp³-hybridized carbons (Fsp3) is 0.571. The molecule has 4 nitrogen and oxygen atoms in total. The number of aryl methyl sites for hydroxylation is 2. The van der Waals surface area contributed by atoms with E-state index in [-0.39, 0.29) is 30.8 Å². The summed E-state index contributed by atoms with van der Waals surface area (Å²) >= 11 is 7.68. The second-order valence-corrected chi connectivity index (χ2v) is 9.13. The van der Waals surface area contributed by atoms with Crippen molar-refractivity contribution in [2.24, 2.45) is 11.8 Å². The van der Waals surface area contributed by atoms with Gasteiger partial charge in [0.25, 0.3) is 0 Å². The molecule has 2 fully saturated rings. The van der Waals surface area contributed by atoms with Gasteiger partial charge in [-0.15, -0.1) is 11.3 Å². The Balaban J connectivity index is 1.38. The molecule has 1 aromatic carbocycles. The molecule has 1 saturated heterocycles. The molecule has 6 heteroatoms. The van der Waals surface area contributed by atoms with Crippen molar-refractivity contribution in [2.45, 2.75) is 63.9 Å². The van der Waals surface area contributed by atoms with Crippen molar-refractivity contribution in [1.29, 1.82) is 0 Å². The summed E-state index contributed by atoms with van der Waals surface area (Å²) in [6.45, 7) is 2.00. The zero-order chi connectivity index (χ0) is 19.0. The average molecular weight is 408 g/mol. The van der Waals surface area contributed by atoms with E-state index in [1.165, 1.54) is 5.56 Å². The molecule has 0 radical (unpaired) electrons. The van der Waals surface area contributed by atoms with Gasteiger partial charge in [-0.2, -0.15) is 0 Å². The summed E-state index contributed by atoms with van der Waals surface area (Å²) < 4.78 is 6.33. The Morgan fingerprint density at radius 2 is 2.19 bits per heavy atom. The number of halogens is 1. The molecule has 0 amide bonds. The first-order valence-electron chi connectivity index (χ1n) is 9.69. The zero-order valence-electron chi connectivity index (χ0n) is 15.5. The fourth-order valence-electron chi connectivity index (χ4n) is 4.65. The lowest BCUT2D eigenvalue weighted by Gasteiger charge is -2.34. The molecule has 4 rings (SSSR count). The van der Waals surface area contributed by atoms with Crippen LogP contribution in [0.5, 0.6) is 0 Å². The van der Waals surface area contributed by atoms with E-state index in [0.717, 1.165) is 41.3 Å². The minimum absolute atomic E-state index is 0.00131. The third-order valence-corrected chi connectivity index (χ3v) is 7.50. The van der Waals surface area contributed by atoms with Crippen molar-refractivity contribution in [1.82, 2.24) is 4.98 Å². The molecule has 2 aromatic rings. The second kappa shape index (κ2) is 8.18. The van der Waals surface area contributed by atoms with Crippen molar-refractivity contribution in [3.8, 4) is 0 Å². The summed E-state index contributed by atoms with van der Waals surface area (Å²) in [6.07, 6.45) is 4.45. The van der Waals surface area contributed by atoms with Crippen LogP contribution in [-0.4, -0.2) is 27.4 Å². The maximum absolute atomic E-state index is 10.6. The first kappa shape index (κ1) is 19.3. The Morgan fingerprint density at radius 3 is 2.93 bits per heavy atom. The highest BCUT2D eigenvalue weighted by Gasteiger charge is 2.46. The van der Waals surface area contributed by atoms with Gasteiger partial charge >= 0.3 is 0 Å². The van der Waals surface area contributed by atoms with E-state index in [1.807, 2.05) is 18.4 Å². The predicted octanol–water partition coefficient (Wildman–Crippen LogP) is 4.45. The van der Waals surface area contributed by atoms with Gasteiger partial charge in [0.2, 0.25) is 0 Å². The molecule has 1 aliphatic carbocycles. The number of aliphatic hydroxyl groups excluding tert-OH is 2. The number of rotatable bonds is 5. The van der Waals surface area contributed by atoms with Crippen molar-refractivity contribution in [2.75, 3.05) is 0 Å². The SMILES string of the molecule is Cc1cc(CC[C@@H]2[C@H]3CC[C@H](c4nc(CO)cs4)O[C@H]3C[C@@H]2O)ccc1Cl. The number of thiazole rings is 1. The van der Waals surface area contributed by atoms with Crippen LogP contribution in [0.3, 0.4) is 0 Å². The maximum Gasteiger partial charge on any atom is 0.122 e. The number of hydrogen-bond donors (Lipinski definition) is 2. The summed E-state index contributed by atoms with van der Waals surface area (Å²) in [7, 11) is 0. The van der Waals surface area contributed by atoms with Gasteiger partial charge in [-0.05, 0) is 61.6 Å². The molecule has 1 saturated carbocycles. The van der Waals surface area contributed by atoms with Crippen LogP contribution in [0.15, 0.2) is 23.6 Å². The summed E-state index contributed by atoms with van der Waals surface area (Å²) in [5.41, 5.74) is 3.10. The monoisotopic (exact) mass is 407 g/mol. The van der Waals surface area contributed by atoms with E-state index in [4.69, 9.17) is 16.3 Å². The Kier molecular flexibility index (Phi) is 5.86. The molecule has 5 atom stereocenters. The molecule has 0 bridgehead atoms. The van der Waals surface area contributed by atoms with Gasteiger partial charge in [0.1, 0.15) is 11.1 Å². The first-order chi connectivity index (χ1) is 13.0. The summed E-state index contributed by atoms with van der Waals surface area (Å²) in [6, 6.07) is 6.20. The molecule has 2 N–H and O–H groups in total. The van der Waals surface area contributed by atoms with Crippen LogP contribution >= 0.6 is 22.9 Å². The van der Waals surface area contributed by atoms with Crippen LogP contribution in [0, 0.1) is 18.8 Å². The van der Waals surface area contributed by atoms with E-state index in [2.05, 4.69) is 17.1 Å². The molecule has 27 heavy (non-hydrogen) atoms. The highest BCUT2D eigenvalue weighted by Crippen LogP contribution is 2.47. The molecule has 146 valence electrons. The number of nitrogens with zero attached hydrogens (tertiary/aromatic N) is 1. The summed E-state index contributed by atoms with van der Waals surface area (Å²) in [5.74, 6) is 0.707. The minimum atomic E-state index is -0.295. The van der Waals surface area contributed by atoms with Crippen LogP contribution < -0.4 is 0 Å². The van der Waals surface area contributed by atoms with Gasteiger partial charge < -0.3 is 14.9 Å². The predicted molar refractivity (Wildman–Crippen MR) is 107 cm³/mol. The van der Waals surface area contributed by atoms with Crippen LogP contribution in [0.25, 0.3) is 0 Å². The summed E-state index contributed by atoms with van der Waals surface area (Å²) in [4.78, 5) is 4.47. The van der Waals surface area contributed by atoms with Crippen LogP contribution in [-0.2, 0) is 17.8 Å². The largest absolute Gasteiger partial charge is 0.393 e. The van der Waals surface area contributed by atoms with E-state index in [9.17, 15) is 10.2 Å². The van der Waals surface area contributed by atoms with Gasteiger partial charge in [-0.3, -0.25) is 0 Å². The molecule has 1 aromatic heterocycles. The fourth-order valence-corrected chi connectivity index (χ4v) is 5.65. The third kappa shape index (κ3) is 4.08. The normalized spacial score (nSPS) is 30.4. The Morgan fingerprint density at radius 1 is 1.33 bits per heavy atom. The Labute approximate surface area is 169 Å². The lowest BCUT2D eigenvalue weighted by Crippen LogP contribution is -2.30. The van der Waals surface area contributed by atoms with E-state index >= 15 is 0 Å². The van der Waals surface area contributed by atoms with E-state index in [1.54, 1.807) is 11.3 Å². The zero-order valence-corrected chi connectivity index (χ0v) is 17.0. The molecule has 0 unspecified atom stereocenters. The molecular formula is C21H26ClNO3S. The maximum atomic E-state index is 10.6. The Bertz CT molecular complexity index is 795. The number of benzene rings is 1. The number of ether oxygens (including phenoxy) is 1.